The molecule has 0 spiro atoms. The Morgan fingerprint density at radius 1 is 0.917 bits per heavy atom. The van der Waals surface area contributed by atoms with E-state index >= 15 is 0 Å². The lowest BCUT2D eigenvalue weighted by atomic mass is 9.92. The van der Waals surface area contributed by atoms with Crippen LogP contribution >= 0.6 is 0 Å². The Morgan fingerprint density at radius 3 is 2.22 bits per heavy atom. The van der Waals surface area contributed by atoms with Crippen molar-refractivity contribution in [1.29, 1.82) is 0 Å². The molecule has 1 heteroatoms. The highest BCUT2D eigenvalue weighted by Crippen LogP contribution is 2.29. The maximum Gasteiger partial charge on any atom is 0.0715 e. The summed E-state index contributed by atoms with van der Waals surface area (Å²) in [5, 5.41) is 0. The zero-order valence-corrected chi connectivity index (χ0v) is 22.5. The number of hydrogen-bond donors (Lipinski definition) is 0. The zero-order chi connectivity index (χ0) is 26.3. The van der Waals surface area contributed by atoms with Crippen LogP contribution in [0.3, 0.4) is 0 Å². The summed E-state index contributed by atoms with van der Waals surface area (Å²) in [6, 6.07) is 14.6. The van der Waals surface area contributed by atoms with Crippen LogP contribution in [0, 0.1) is 0 Å². The maximum atomic E-state index is 5.00. The van der Waals surface area contributed by atoms with Gasteiger partial charge < -0.3 is 0 Å². The molecule has 0 radical (unpaired) electrons. The first kappa shape index (κ1) is 28.3. The fourth-order valence-electron chi connectivity index (χ4n) is 3.97. The van der Waals surface area contributed by atoms with E-state index in [-0.39, 0.29) is 0 Å². The third-order valence-electron chi connectivity index (χ3n) is 5.65. The molecule has 0 aliphatic heterocycles. The van der Waals surface area contributed by atoms with Crippen LogP contribution in [0.5, 0.6) is 0 Å². The van der Waals surface area contributed by atoms with Gasteiger partial charge in [0.25, 0.3) is 0 Å². The highest BCUT2D eigenvalue weighted by Gasteiger charge is 2.10. The van der Waals surface area contributed by atoms with E-state index in [1.165, 1.54) is 0 Å². The van der Waals surface area contributed by atoms with Crippen molar-refractivity contribution in [2.75, 3.05) is 0 Å². The van der Waals surface area contributed by atoms with E-state index < -0.39 is 0 Å². The number of benzene rings is 1. The van der Waals surface area contributed by atoms with E-state index in [9.17, 15) is 0 Å². The molecular weight excluding hydrogens is 434 g/mol. The van der Waals surface area contributed by atoms with E-state index in [1.807, 2.05) is 50.3 Å². The van der Waals surface area contributed by atoms with Gasteiger partial charge in [0.2, 0.25) is 0 Å². The van der Waals surface area contributed by atoms with Crippen LogP contribution in [0.25, 0.3) is 22.9 Å². The lowest BCUT2D eigenvalue weighted by molar-refractivity contribution is 1.21. The van der Waals surface area contributed by atoms with Crippen LogP contribution in [0.4, 0.5) is 0 Å². The topological polar surface area (TPSA) is 12.9 Å². The molecule has 0 unspecified atom stereocenters. The number of hydrogen-bond acceptors (Lipinski definition) is 1. The van der Waals surface area contributed by atoms with Crippen molar-refractivity contribution in [3.8, 4) is 11.3 Å². The van der Waals surface area contributed by atoms with Gasteiger partial charge in [-0.1, -0.05) is 117 Å². The molecule has 2 aromatic rings. The molecule has 1 nitrogen and oxygen atoms in total. The Labute approximate surface area is 218 Å². The van der Waals surface area contributed by atoms with Crippen LogP contribution in [-0.4, -0.2) is 4.98 Å². The van der Waals surface area contributed by atoms with Crippen molar-refractivity contribution >= 4 is 11.6 Å². The standard InChI is InChI=1S/C35H39N/c1-8-14-23-33(32(13-6)29(12-5)18-9-2)27(7)24-28-25-34(30(19-10-3)20-11-4)36-35(26-28)31-21-16-15-17-22-31/h9-26H,3,6,8H2,1-2,4-5,7H3/b18-9-,20-11-,23-14-,27-24+,29-12-,30-19+,33-32-. The normalized spacial score (nSPS) is 14.1. The summed E-state index contributed by atoms with van der Waals surface area (Å²) in [6.45, 7) is 18.5. The molecule has 0 bridgehead atoms. The summed E-state index contributed by atoms with van der Waals surface area (Å²) in [7, 11) is 0. The molecule has 0 saturated heterocycles. The van der Waals surface area contributed by atoms with Gasteiger partial charge in [-0.3, -0.25) is 0 Å². The largest absolute Gasteiger partial charge is 0.248 e. The molecular formula is C35H39N. The molecule has 36 heavy (non-hydrogen) atoms. The SMILES string of the molecule is C=C/C=C(\C=C/C)c1cc(/C=C(C)/C(/C=C\CC)=C(C=C)\C(\C=C/C)=C/C)cc(-c2ccccc2)n1. The lowest BCUT2D eigenvalue weighted by Crippen LogP contribution is -1.95. The number of nitrogens with zero attached hydrogens (tertiary/aromatic N) is 1. The number of allylic oxidation sites excluding steroid dienone is 15. The minimum atomic E-state index is 0.912. The van der Waals surface area contributed by atoms with Gasteiger partial charge in [0.1, 0.15) is 0 Å². The Hall–Kier alpha value is -3.97. The monoisotopic (exact) mass is 473 g/mol. The highest BCUT2D eigenvalue weighted by atomic mass is 14.7. The molecule has 2 rings (SSSR count). The predicted molar refractivity (Wildman–Crippen MR) is 162 cm³/mol. The summed E-state index contributed by atoms with van der Waals surface area (Å²) in [5.74, 6) is 0. The number of pyridine rings is 1. The van der Waals surface area contributed by atoms with Crippen molar-refractivity contribution in [2.24, 2.45) is 0 Å². The van der Waals surface area contributed by atoms with Gasteiger partial charge in [0, 0.05) is 5.56 Å². The fourth-order valence-corrected chi connectivity index (χ4v) is 3.97. The van der Waals surface area contributed by atoms with E-state index in [2.05, 4.69) is 101 Å². The first-order valence-electron chi connectivity index (χ1n) is 12.6. The van der Waals surface area contributed by atoms with Crippen molar-refractivity contribution in [3.63, 3.8) is 0 Å². The highest BCUT2D eigenvalue weighted by molar-refractivity contribution is 5.78. The molecule has 1 aromatic heterocycles. The Balaban J connectivity index is 2.82. The second-order valence-corrected chi connectivity index (χ2v) is 8.31. The van der Waals surface area contributed by atoms with E-state index in [1.54, 1.807) is 6.08 Å². The lowest BCUT2D eigenvalue weighted by Gasteiger charge is -2.13. The van der Waals surface area contributed by atoms with Crippen LogP contribution in [0.1, 0.15) is 52.3 Å². The van der Waals surface area contributed by atoms with Crippen molar-refractivity contribution in [3.05, 3.63) is 150 Å². The molecule has 0 aliphatic carbocycles. The van der Waals surface area contributed by atoms with Crippen LogP contribution in [0.15, 0.2) is 139 Å². The summed E-state index contributed by atoms with van der Waals surface area (Å²) >= 11 is 0. The number of rotatable bonds is 11. The average Bonchev–Trinajstić information content (AvgIpc) is 2.90. The maximum absolute atomic E-state index is 5.00. The second-order valence-electron chi connectivity index (χ2n) is 8.31. The Kier molecular flexibility index (Phi) is 11.9. The molecule has 0 fully saturated rings. The third-order valence-corrected chi connectivity index (χ3v) is 5.65. The Bertz CT molecular complexity index is 1250. The van der Waals surface area contributed by atoms with Gasteiger partial charge in [0.05, 0.1) is 11.4 Å². The van der Waals surface area contributed by atoms with Gasteiger partial charge in [0.15, 0.2) is 0 Å². The minimum Gasteiger partial charge on any atom is -0.248 e. The van der Waals surface area contributed by atoms with E-state index in [0.29, 0.717) is 0 Å². The van der Waals surface area contributed by atoms with Crippen LogP contribution < -0.4 is 0 Å². The smallest absolute Gasteiger partial charge is 0.0715 e. The number of aromatic nitrogens is 1. The van der Waals surface area contributed by atoms with E-state index in [4.69, 9.17) is 4.98 Å². The van der Waals surface area contributed by atoms with Crippen molar-refractivity contribution in [1.82, 2.24) is 4.98 Å². The summed E-state index contributed by atoms with van der Waals surface area (Å²) in [4.78, 5) is 5.00. The second kappa shape index (κ2) is 15.1. The molecule has 184 valence electrons. The zero-order valence-electron chi connectivity index (χ0n) is 22.5. The van der Waals surface area contributed by atoms with Crippen molar-refractivity contribution < 1.29 is 0 Å². The predicted octanol–water partition coefficient (Wildman–Crippen LogP) is 10.3. The summed E-state index contributed by atoms with van der Waals surface area (Å²) < 4.78 is 0. The summed E-state index contributed by atoms with van der Waals surface area (Å²) in [6.07, 6.45) is 23.8. The van der Waals surface area contributed by atoms with Crippen LogP contribution in [-0.2, 0) is 0 Å². The van der Waals surface area contributed by atoms with Crippen LogP contribution in [0.2, 0.25) is 0 Å². The quantitative estimate of drug-likeness (QED) is 0.296. The van der Waals surface area contributed by atoms with Crippen molar-refractivity contribution in [2.45, 2.75) is 41.0 Å². The average molecular weight is 474 g/mol. The third kappa shape index (κ3) is 7.78. The minimum absolute atomic E-state index is 0.912. The van der Waals surface area contributed by atoms with Gasteiger partial charge in [-0.15, -0.1) is 0 Å². The Morgan fingerprint density at radius 2 is 1.64 bits per heavy atom. The van der Waals surface area contributed by atoms with Gasteiger partial charge in [-0.05, 0) is 79.7 Å². The molecule has 0 saturated carbocycles. The fraction of sp³-hybridized carbons (Fsp3) is 0.171. The van der Waals surface area contributed by atoms with Gasteiger partial charge in [-0.2, -0.15) is 0 Å². The molecule has 0 amide bonds. The molecule has 0 atom stereocenters. The molecule has 1 aromatic carbocycles. The molecule has 1 heterocycles. The molecule has 0 aliphatic rings. The van der Waals surface area contributed by atoms with E-state index in [0.717, 1.165) is 56.8 Å². The first-order valence-corrected chi connectivity index (χ1v) is 12.6. The summed E-state index contributed by atoms with van der Waals surface area (Å²) in [5.41, 5.74) is 9.65. The molecule has 0 N–H and O–H groups in total. The van der Waals surface area contributed by atoms with Gasteiger partial charge in [-0.25, -0.2) is 4.98 Å². The van der Waals surface area contributed by atoms with Gasteiger partial charge >= 0.3 is 0 Å². The first-order chi connectivity index (χ1) is 17.5.